The third-order valence-corrected chi connectivity index (χ3v) is 4.21. The number of carboxylic acids is 1. The minimum Gasteiger partial charge on any atom is -0.480 e. The Labute approximate surface area is 130 Å². The van der Waals surface area contributed by atoms with Crippen LogP contribution >= 0.6 is 11.3 Å². The molecule has 22 heavy (non-hydrogen) atoms. The van der Waals surface area contributed by atoms with Crippen LogP contribution in [0.1, 0.15) is 16.2 Å². The summed E-state index contributed by atoms with van der Waals surface area (Å²) in [6.07, 6.45) is 0. The highest BCUT2D eigenvalue weighted by Crippen LogP contribution is 2.26. The third kappa shape index (κ3) is 2.75. The van der Waals surface area contributed by atoms with Crippen molar-refractivity contribution >= 4 is 23.2 Å². The minimum absolute atomic E-state index is 0.00452. The van der Waals surface area contributed by atoms with Crippen LogP contribution in [0.25, 0.3) is 10.8 Å². The summed E-state index contributed by atoms with van der Waals surface area (Å²) in [7, 11) is 0. The average molecular weight is 322 g/mol. The fourth-order valence-corrected chi connectivity index (χ4v) is 2.99. The molecule has 1 N–H and O–H groups in total. The number of ether oxygens (including phenoxy) is 1. The molecule has 8 heteroatoms. The Morgan fingerprint density at radius 1 is 1.45 bits per heavy atom. The summed E-state index contributed by atoms with van der Waals surface area (Å²) in [6, 6.07) is 2.63. The van der Waals surface area contributed by atoms with E-state index in [2.05, 4.69) is 4.98 Å². The van der Waals surface area contributed by atoms with E-state index in [4.69, 9.17) is 9.15 Å². The van der Waals surface area contributed by atoms with E-state index in [1.165, 1.54) is 16.2 Å². The molecule has 2 aromatic heterocycles. The Hall–Kier alpha value is -2.19. The van der Waals surface area contributed by atoms with Gasteiger partial charge >= 0.3 is 5.97 Å². The van der Waals surface area contributed by atoms with Gasteiger partial charge in [-0.1, -0.05) is 0 Å². The van der Waals surface area contributed by atoms with Crippen molar-refractivity contribution in [2.75, 3.05) is 19.8 Å². The van der Waals surface area contributed by atoms with Crippen molar-refractivity contribution in [3.8, 4) is 10.8 Å². The average Bonchev–Trinajstić information content (AvgIpc) is 3.15. The number of carbonyl (C=O) groups excluding carboxylic acids is 1. The van der Waals surface area contributed by atoms with E-state index in [-0.39, 0.29) is 18.8 Å². The van der Waals surface area contributed by atoms with E-state index in [0.717, 1.165) is 5.76 Å². The van der Waals surface area contributed by atoms with Crippen molar-refractivity contribution in [2.24, 2.45) is 0 Å². The summed E-state index contributed by atoms with van der Waals surface area (Å²) >= 11 is 1.29. The van der Waals surface area contributed by atoms with Crippen molar-refractivity contribution in [2.45, 2.75) is 13.0 Å². The van der Waals surface area contributed by atoms with Gasteiger partial charge in [0.25, 0.3) is 5.91 Å². The second-order valence-electron chi connectivity index (χ2n) is 4.88. The monoisotopic (exact) mass is 322 g/mol. The molecule has 0 unspecified atom stereocenters. The summed E-state index contributed by atoms with van der Waals surface area (Å²) in [6.45, 7) is 2.39. The Kier molecular flexibility index (Phi) is 3.95. The molecule has 1 amide bonds. The molecule has 0 radical (unpaired) electrons. The molecule has 0 aliphatic carbocycles. The zero-order chi connectivity index (χ0) is 15.7. The first-order chi connectivity index (χ1) is 10.6. The minimum atomic E-state index is -1.08. The first kappa shape index (κ1) is 14.7. The van der Waals surface area contributed by atoms with Gasteiger partial charge in [-0.15, -0.1) is 11.3 Å². The summed E-state index contributed by atoms with van der Waals surface area (Å²) in [5, 5.41) is 11.4. The summed E-state index contributed by atoms with van der Waals surface area (Å²) in [4.78, 5) is 29.3. The standard InChI is InChI=1S/C14H14N2O5S/c1-8-2-3-11(21-8)12-15-9(7-22-12)13(17)16-4-5-20-6-10(16)14(18)19/h2-3,7,10H,4-6H2,1H3,(H,18,19)/t10-/m1/s1. The number of hydrogen-bond acceptors (Lipinski definition) is 6. The number of amides is 1. The van der Waals surface area contributed by atoms with Crippen molar-refractivity contribution in [3.05, 3.63) is 29.0 Å². The molecular formula is C14H14N2O5S. The molecule has 116 valence electrons. The van der Waals surface area contributed by atoms with Gasteiger partial charge in [-0.25, -0.2) is 9.78 Å². The molecule has 2 aromatic rings. The first-order valence-corrected chi connectivity index (χ1v) is 7.58. The molecule has 3 rings (SSSR count). The fraction of sp³-hybridized carbons (Fsp3) is 0.357. The van der Waals surface area contributed by atoms with Gasteiger partial charge in [0.15, 0.2) is 16.8 Å². The molecule has 0 aromatic carbocycles. The van der Waals surface area contributed by atoms with Crippen LogP contribution in [0.2, 0.25) is 0 Å². The van der Waals surface area contributed by atoms with Gasteiger partial charge in [-0.05, 0) is 19.1 Å². The summed E-state index contributed by atoms with van der Waals surface area (Å²) < 4.78 is 10.6. The van der Waals surface area contributed by atoms with Gasteiger partial charge in [0.05, 0.1) is 13.2 Å². The van der Waals surface area contributed by atoms with E-state index >= 15 is 0 Å². The van der Waals surface area contributed by atoms with Crippen LogP contribution in [0, 0.1) is 6.92 Å². The lowest BCUT2D eigenvalue weighted by Gasteiger charge is -2.32. The smallest absolute Gasteiger partial charge is 0.328 e. The summed E-state index contributed by atoms with van der Waals surface area (Å²) in [5.74, 6) is -0.123. The maximum atomic E-state index is 12.5. The van der Waals surface area contributed by atoms with Crippen molar-refractivity contribution in [1.82, 2.24) is 9.88 Å². The SMILES string of the molecule is Cc1ccc(-c2nc(C(=O)N3CCOC[C@@H]3C(=O)O)cs2)o1. The van der Waals surface area contributed by atoms with Gasteiger partial charge in [0.1, 0.15) is 11.5 Å². The van der Waals surface area contributed by atoms with Crippen molar-refractivity contribution < 1.29 is 23.8 Å². The number of furan rings is 1. The second-order valence-corrected chi connectivity index (χ2v) is 5.73. The molecule has 3 heterocycles. The van der Waals surface area contributed by atoms with Gasteiger partial charge in [0.2, 0.25) is 0 Å². The lowest BCUT2D eigenvalue weighted by Crippen LogP contribution is -2.52. The Morgan fingerprint density at radius 2 is 2.27 bits per heavy atom. The van der Waals surface area contributed by atoms with E-state index < -0.39 is 17.9 Å². The largest absolute Gasteiger partial charge is 0.480 e. The highest BCUT2D eigenvalue weighted by Gasteiger charge is 2.34. The number of aromatic nitrogens is 1. The quantitative estimate of drug-likeness (QED) is 0.923. The number of thiazole rings is 1. The maximum Gasteiger partial charge on any atom is 0.328 e. The number of rotatable bonds is 3. The second kappa shape index (κ2) is 5.90. The van der Waals surface area contributed by atoms with Crippen LogP contribution in [0.5, 0.6) is 0 Å². The van der Waals surface area contributed by atoms with Crippen molar-refractivity contribution in [1.29, 1.82) is 0 Å². The van der Waals surface area contributed by atoms with E-state index in [9.17, 15) is 14.7 Å². The molecule has 7 nitrogen and oxygen atoms in total. The molecule has 0 bridgehead atoms. The third-order valence-electron chi connectivity index (χ3n) is 3.35. The highest BCUT2D eigenvalue weighted by molar-refractivity contribution is 7.13. The fourth-order valence-electron chi connectivity index (χ4n) is 2.23. The van der Waals surface area contributed by atoms with Crippen LogP contribution in [-0.2, 0) is 9.53 Å². The van der Waals surface area contributed by atoms with Crippen LogP contribution in [0.3, 0.4) is 0 Å². The number of carbonyl (C=O) groups is 2. The molecular weight excluding hydrogens is 308 g/mol. The van der Waals surface area contributed by atoms with Crippen LogP contribution < -0.4 is 0 Å². The van der Waals surface area contributed by atoms with Gasteiger partial charge in [0, 0.05) is 11.9 Å². The highest BCUT2D eigenvalue weighted by atomic mass is 32.1. The molecule has 0 spiro atoms. The number of carboxylic acid groups (broad SMARTS) is 1. The van der Waals surface area contributed by atoms with Gasteiger partial charge in [-0.2, -0.15) is 0 Å². The van der Waals surface area contributed by atoms with Crippen LogP contribution in [0.15, 0.2) is 21.9 Å². The maximum absolute atomic E-state index is 12.5. The van der Waals surface area contributed by atoms with Crippen LogP contribution in [-0.4, -0.2) is 52.7 Å². The first-order valence-electron chi connectivity index (χ1n) is 6.70. The molecule has 0 saturated carbocycles. The topological polar surface area (TPSA) is 92.9 Å². The molecule has 1 saturated heterocycles. The number of nitrogens with zero attached hydrogens (tertiary/aromatic N) is 2. The van der Waals surface area contributed by atoms with Gasteiger partial charge < -0.3 is 19.2 Å². The zero-order valence-corrected chi connectivity index (χ0v) is 12.6. The van der Waals surface area contributed by atoms with Gasteiger partial charge in [-0.3, -0.25) is 4.79 Å². The van der Waals surface area contributed by atoms with E-state index in [1.54, 1.807) is 11.4 Å². The summed E-state index contributed by atoms with van der Waals surface area (Å²) in [5.41, 5.74) is 0.224. The number of aliphatic carboxylic acids is 1. The molecule has 1 atom stereocenters. The van der Waals surface area contributed by atoms with E-state index in [0.29, 0.717) is 17.4 Å². The Morgan fingerprint density at radius 3 is 2.95 bits per heavy atom. The zero-order valence-electron chi connectivity index (χ0n) is 11.8. The predicted molar refractivity (Wildman–Crippen MR) is 77.8 cm³/mol. The number of hydrogen-bond donors (Lipinski definition) is 1. The Balaban J connectivity index is 1.83. The van der Waals surface area contributed by atoms with E-state index in [1.807, 2.05) is 13.0 Å². The normalized spacial score (nSPS) is 18.4. The molecule has 1 fully saturated rings. The number of morpholine rings is 1. The Bertz CT molecular complexity index is 708. The number of aryl methyl sites for hydroxylation is 1. The predicted octanol–water partition coefficient (Wildman–Crippen LogP) is 1.64. The van der Waals surface area contributed by atoms with Crippen LogP contribution in [0.4, 0.5) is 0 Å². The molecule has 1 aliphatic heterocycles. The van der Waals surface area contributed by atoms with Crippen molar-refractivity contribution in [3.63, 3.8) is 0 Å². The lowest BCUT2D eigenvalue weighted by molar-refractivity contribution is -0.147. The molecule has 1 aliphatic rings. The lowest BCUT2D eigenvalue weighted by atomic mass is 10.2.